The van der Waals surface area contributed by atoms with Crippen LogP contribution in [0.5, 0.6) is 11.5 Å². The van der Waals surface area contributed by atoms with Crippen molar-refractivity contribution in [3.63, 3.8) is 0 Å². The zero-order chi connectivity index (χ0) is 14.8. The van der Waals surface area contributed by atoms with Crippen LogP contribution in [-0.4, -0.2) is 17.1 Å². The Morgan fingerprint density at radius 1 is 1.33 bits per heavy atom. The first kappa shape index (κ1) is 14.1. The molecular weight excluding hydrogens is 354 g/mol. The van der Waals surface area contributed by atoms with Crippen LogP contribution in [0.25, 0.3) is 10.2 Å². The van der Waals surface area contributed by atoms with Crippen LogP contribution < -0.4 is 15.2 Å². The summed E-state index contributed by atoms with van der Waals surface area (Å²) in [4.78, 5) is 8.34. The van der Waals surface area contributed by atoms with Crippen molar-refractivity contribution in [1.29, 1.82) is 0 Å². The van der Waals surface area contributed by atoms with E-state index in [4.69, 9.17) is 15.2 Å². The fourth-order valence-corrected chi connectivity index (χ4v) is 3.12. The molecule has 0 fully saturated rings. The van der Waals surface area contributed by atoms with Crippen LogP contribution in [0, 0.1) is 0 Å². The molecule has 0 saturated carbocycles. The number of benzene rings is 1. The van der Waals surface area contributed by atoms with Crippen molar-refractivity contribution in [1.82, 2.24) is 9.97 Å². The van der Waals surface area contributed by atoms with E-state index in [-0.39, 0.29) is 0 Å². The minimum atomic E-state index is 0.448. The second kappa shape index (κ2) is 5.87. The van der Waals surface area contributed by atoms with Gasteiger partial charge in [-0.15, -0.1) is 0 Å². The smallest absolute Gasteiger partial charge is 0.181 e. The number of methoxy groups -OCH3 is 1. The molecule has 1 aromatic carbocycles. The van der Waals surface area contributed by atoms with E-state index in [1.54, 1.807) is 13.3 Å². The minimum Gasteiger partial charge on any atom is -0.494 e. The number of anilines is 1. The molecule has 0 amide bonds. The number of thiazole rings is 1. The van der Waals surface area contributed by atoms with Crippen molar-refractivity contribution in [3.05, 3.63) is 40.6 Å². The molecule has 2 heterocycles. The van der Waals surface area contributed by atoms with Crippen molar-refractivity contribution in [2.45, 2.75) is 6.61 Å². The molecule has 5 nitrogen and oxygen atoms in total. The molecule has 0 radical (unpaired) electrons. The zero-order valence-corrected chi connectivity index (χ0v) is 13.6. The predicted molar refractivity (Wildman–Crippen MR) is 86.9 cm³/mol. The fraction of sp³-hybridized carbons (Fsp3) is 0.143. The van der Waals surface area contributed by atoms with Crippen molar-refractivity contribution in [2.75, 3.05) is 12.8 Å². The summed E-state index contributed by atoms with van der Waals surface area (Å²) >= 11 is 4.75. The number of aromatic nitrogens is 2. The SMILES string of the molecule is COc1cc(OCc2ccnc(Br)c2)cc2sc(N)nc12. The second-order valence-corrected chi connectivity index (χ2v) is 6.17. The first-order valence-electron chi connectivity index (χ1n) is 6.13. The number of halogens is 1. The Morgan fingerprint density at radius 2 is 2.19 bits per heavy atom. The number of fused-ring (bicyclic) bond motifs is 1. The zero-order valence-electron chi connectivity index (χ0n) is 11.2. The van der Waals surface area contributed by atoms with Crippen LogP contribution in [0.1, 0.15) is 5.56 Å². The maximum absolute atomic E-state index is 5.82. The Morgan fingerprint density at radius 3 is 2.95 bits per heavy atom. The Bertz CT molecular complexity index is 791. The highest BCUT2D eigenvalue weighted by Crippen LogP contribution is 2.35. The molecule has 0 bridgehead atoms. The van der Waals surface area contributed by atoms with Crippen molar-refractivity contribution >= 4 is 42.6 Å². The monoisotopic (exact) mass is 365 g/mol. The molecule has 0 spiro atoms. The summed E-state index contributed by atoms with van der Waals surface area (Å²) in [5, 5.41) is 0.513. The molecule has 2 N–H and O–H groups in total. The van der Waals surface area contributed by atoms with Gasteiger partial charge in [0.25, 0.3) is 0 Å². The standard InChI is InChI=1S/C14H12BrN3O2S/c1-19-10-5-9(6-11-13(10)18-14(16)21-11)20-7-8-2-3-17-12(15)4-8/h2-6H,7H2,1H3,(H2,16,18). The van der Waals surface area contributed by atoms with E-state index in [0.717, 1.165) is 26.1 Å². The molecule has 108 valence electrons. The summed E-state index contributed by atoms with van der Waals surface area (Å²) in [7, 11) is 1.61. The number of hydrogen-bond donors (Lipinski definition) is 1. The second-order valence-electron chi connectivity index (χ2n) is 4.30. The summed E-state index contributed by atoms with van der Waals surface area (Å²) in [6, 6.07) is 7.56. The van der Waals surface area contributed by atoms with Crippen molar-refractivity contribution in [2.24, 2.45) is 0 Å². The molecule has 0 aliphatic rings. The highest BCUT2D eigenvalue weighted by molar-refractivity contribution is 9.10. The van der Waals surface area contributed by atoms with Crippen molar-refractivity contribution in [3.8, 4) is 11.5 Å². The molecule has 21 heavy (non-hydrogen) atoms. The summed E-state index contributed by atoms with van der Waals surface area (Å²) in [5.41, 5.74) is 7.54. The molecule has 3 aromatic rings. The van der Waals surface area contributed by atoms with Crippen LogP contribution in [0.3, 0.4) is 0 Å². The average molecular weight is 366 g/mol. The van der Waals surface area contributed by atoms with Crippen LogP contribution >= 0.6 is 27.3 Å². The molecule has 3 rings (SSSR count). The summed E-state index contributed by atoms with van der Waals surface area (Å²) < 4.78 is 12.9. The first-order valence-corrected chi connectivity index (χ1v) is 7.74. The van der Waals surface area contributed by atoms with Gasteiger partial charge in [-0.05, 0) is 39.7 Å². The number of ether oxygens (including phenoxy) is 2. The van der Waals surface area contributed by atoms with Crippen LogP contribution in [0.4, 0.5) is 5.13 Å². The van der Waals surface area contributed by atoms with E-state index < -0.39 is 0 Å². The lowest BCUT2D eigenvalue weighted by molar-refractivity contribution is 0.304. The van der Waals surface area contributed by atoms with Gasteiger partial charge in [-0.25, -0.2) is 9.97 Å². The Kier molecular flexibility index (Phi) is 3.94. The van der Waals surface area contributed by atoms with Gasteiger partial charge in [0, 0.05) is 12.3 Å². The van der Waals surface area contributed by atoms with Gasteiger partial charge < -0.3 is 15.2 Å². The van der Waals surface area contributed by atoms with Gasteiger partial charge in [-0.2, -0.15) is 0 Å². The molecular formula is C14H12BrN3O2S. The average Bonchev–Trinajstić information content (AvgIpc) is 2.84. The third kappa shape index (κ3) is 3.08. The van der Waals surface area contributed by atoms with Crippen LogP contribution in [0.15, 0.2) is 35.1 Å². The first-order chi connectivity index (χ1) is 10.2. The molecule has 0 atom stereocenters. The lowest BCUT2D eigenvalue weighted by Crippen LogP contribution is -1.96. The largest absolute Gasteiger partial charge is 0.494 e. The number of hydrogen-bond acceptors (Lipinski definition) is 6. The highest BCUT2D eigenvalue weighted by atomic mass is 79.9. The number of pyridine rings is 1. The summed E-state index contributed by atoms with van der Waals surface area (Å²) in [6.07, 6.45) is 1.73. The molecule has 2 aromatic heterocycles. The Balaban J connectivity index is 1.86. The molecule has 0 aliphatic carbocycles. The van der Waals surface area contributed by atoms with Gasteiger partial charge >= 0.3 is 0 Å². The molecule has 0 unspecified atom stereocenters. The Labute approximate surface area is 133 Å². The lowest BCUT2D eigenvalue weighted by atomic mass is 10.2. The number of nitrogens with two attached hydrogens (primary N) is 1. The summed E-state index contributed by atoms with van der Waals surface area (Å²) in [6.45, 7) is 0.448. The number of rotatable bonds is 4. The number of nitrogen functional groups attached to an aromatic ring is 1. The van der Waals surface area contributed by atoms with E-state index in [0.29, 0.717) is 17.5 Å². The Hall–Kier alpha value is -1.86. The van der Waals surface area contributed by atoms with Crippen LogP contribution in [0.2, 0.25) is 0 Å². The van der Waals surface area contributed by atoms with Gasteiger partial charge in [0.15, 0.2) is 5.13 Å². The van der Waals surface area contributed by atoms with Gasteiger partial charge in [-0.3, -0.25) is 0 Å². The van der Waals surface area contributed by atoms with Gasteiger partial charge in [-0.1, -0.05) is 11.3 Å². The highest BCUT2D eigenvalue weighted by Gasteiger charge is 2.10. The quantitative estimate of drug-likeness (QED) is 0.714. The number of nitrogens with zero attached hydrogens (tertiary/aromatic N) is 2. The van der Waals surface area contributed by atoms with E-state index in [1.807, 2.05) is 24.3 Å². The van der Waals surface area contributed by atoms with E-state index >= 15 is 0 Å². The normalized spacial score (nSPS) is 10.8. The lowest BCUT2D eigenvalue weighted by Gasteiger charge is -2.08. The minimum absolute atomic E-state index is 0.448. The topological polar surface area (TPSA) is 70.3 Å². The van der Waals surface area contributed by atoms with Gasteiger partial charge in [0.05, 0.1) is 11.8 Å². The fourth-order valence-electron chi connectivity index (χ4n) is 1.93. The summed E-state index contributed by atoms with van der Waals surface area (Å²) in [5.74, 6) is 1.38. The van der Waals surface area contributed by atoms with E-state index in [1.165, 1.54) is 11.3 Å². The third-order valence-electron chi connectivity index (χ3n) is 2.87. The third-order valence-corrected chi connectivity index (χ3v) is 4.13. The molecule has 7 heteroatoms. The van der Waals surface area contributed by atoms with Crippen molar-refractivity contribution < 1.29 is 9.47 Å². The van der Waals surface area contributed by atoms with E-state index in [2.05, 4.69) is 25.9 Å². The van der Waals surface area contributed by atoms with E-state index in [9.17, 15) is 0 Å². The molecule has 0 aliphatic heterocycles. The predicted octanol–water partition coefficient (Wildman–Crippen LogP) is 3.62. The van der Waals surface area contributed by atoms with Crippen LogP contribution in [-0.2, 0) is 6.61 Å². The maximum Gasteiger partial charge on any atom is 0.181 e. The van der Waals surface area contributed by atoms with Gasteiger partial charge in [0.1, 0.15) is 28.2 Å². The maximum atomic E-state index is 5.82. The molecule has 0 saturated heterocycles. The van der Waals surface area contributed by atoms with Gasteiger partial charge in [0.2, 0.25) is 0 Å².